The van der Waals surface area contributed by atoms with Crippen LogP contribution in [-0.2, 0) is 14.4 Å². The molecule has 0 bridgehead atoms. The summed E-state index contributed by atoms with van der Waals surface area (Å²) in [4.78, 5) is 47.6. The molecule has 1 aromatic heterocycles. The van der Waals surface area contributed by atoms with E-state index in [2.05, 4.69) is 10.3 Å². The highest BCUT2D eigenvalue weighted by atomic mass is 32.1. The van der Waals surface area contributed by atoms with Gasteiger partial charge in [-0.05, 0) is 0 Å². The molecule has 2 amide bonds. The molecule has 1 rings (SSSR count). The van der Waals surface area contributed by atoms with Gasteiger partial charge < -0.3 is 20.8 Å². The molecule has 0 aromatic carbocycles. The van der Waals surface area contributed by atoms with Gasteiger partial charge in [-0.25, -0.2) is 9.78 Å². The van der Waals surface area contributed by atoms with Crippen LogP contribution in [0.3, 0.4) is 0 Å². The molecule has 0 fully saturated rings. The lowest BCUT2D eigenvalue weighted by molar-refractivity contribution is -0.145. The van der Waals surface area contributed by atoms with E-state index in [-0.39, 0.29) is 16.7 Å². The van der Waals surface area contributed by atoms with Crippen molar-refractivity contribution in [2.24, 2.45) is 0 Å². The Labute approximate surface area is 116 Å². The molecule has 0 saturated carbocycles. The third-order valence-corrected chi connectivity index (χ3v) is 2.76. The normalized spacial score (nSPS) is 11.4. The zero-order valence-corrected chi connectivity index (χ0v) is 11.1. The third-order valence-electron chi connectivity index (χ3n) is 2.00. The van der Waals surface area contributed by atoms with Crippen LogP contribution in [0, 0.1) is 0 Å². The molecule has 108 valence electrons. The second-order valence-electron chi connectivity index (χ2n) is 3.68. The fourth-order valence-corrected chi connectivity index (χ4v) is 1.93. The molecule has 20 heavy (non-hydrogen) atoms. The molecule has 0 radical (unpaired) electrons. The van der Waals surface area contributed by atoms with Crippen molar-refractivity contribution in [3.05, 3.63) is 11.1 Å². The summed E-state index contributed by atoms with van der Waals surface area (Å²) in [6, 6.07) is -1.55. The lowest BCUT2D eigenvalue weighted by Crippen LogP contribution is -2.42. The summed E-state index contributed by atoms with van der Waals surface area (Å²) >= 11 is 0.988. The highest BCUT2D eigenvalue weighted by molar-refractivity contribution is 7.14. The van der Waals surface area contributed by atoms with Crippen molar-refractivity contribution in [1.82, 2.24) is 10.3 Å². The van der Waals surface area contributed by atoms with Crippen LogP contribution in [-0.4, -0.2) is 45.0 Å². The highest BCUT2D eigenvalue weighted by Crippen LogP contribution is 2.15. The minimum Gasteiger partial charge on any atom is -0.481 e. The van der Waals surface area contributed by atoms with Crippen LogP contribution in [0.2, 0.25) is 0 Å². The fourth-order valence-electron chi connectivity index (χ4n) is 1.19. The van der Waals surface area contributed by atoms with E-state index in [4.69, 9.17) is 10.2 Å². The molecular weight excluding hydrogens is 290 g/mol. The monoisotopic (exact) mass is 301 g/mol. The summed E-state index contributed by atoms with van der Waals surface area (Å²) in [5.74, 6) is -4.00. The number of aliphatic carboxylic acids is 2. The maximum atomic E-state index is 11.7. The van der Waals surface area contributed by atoms with Crippen molar-refractivity contribution < 1.29 is 29.4 Å². The van der Waals surface area contributed by atoms with Crippen LogP contribution in [0.5, 0.6) is 0 Å². The molecular formula is C10H11N3O6S. The second-order valence-corrected chi connectivity index (χ2v) is 4.54. The Morgan fingerprint density at radius 3 is 2.50 bits per heavy atom. The molecule has 0 unspecified atom stereocenters. The highest BCUT2D eigenvalue weighted by Gasteiger charge is 2.24. The quantitative estimate of drug-likeness (QED) is 0.567. The second kappa shape index (κ2) is 6.61. The number of hydrogen-bond donors (Lipinski definition) is 4. The lowest BCUT2D eigenvalue weighted by atomic mass is 10.2. The first kappa shape index (κ1) is 15.6. The summed E-state index contributed by atoms with van der Waals surface area (Å²) in [7, 11) is 0. The van der Waals surface area contributed by atoms with Crippen molar-refractivity contribution in [3.63, 3.8) is 0 Å². The summed E-state index contributed by atoms with van der Waals surface area (Å²) in [6.45, 7) is 1.27. The van der Waals surface area contributed by atoms with Crippen LogP contribution in [0.4, 0.5) is 5.13 Å². The van der Waals surface area contributed by atoms with Gasteiger partial charge in [-0.2, -0.15) is 0 Å². The first-order valence-corrected chi connectivity index (χ1v) is 6.16. The predicted octanol–water partition coefficient (Wildman–Crippen LogP) is -0.241. The number of anilines is 1. The Balaban J connectivity index is 2.73. The van der Waals surface area contributed by atoms with Crippen molar-refractivity contribution in [2.75, 3.05) is 5.32 Å². The summed E-state index contributed by atoms with van der Waals surface area (Å²) in [5.41, 5.74) is -0.101. The zero-order chi connectivity index (χ0) is 15.3. The van der Waals surface area contributed by atoms with Crippen molar-refractivity contribution in [2.45, 2.75) is 19.4 Å². The molecule has 0 aliphatic rings. The summed E-state index contributed by atoms with van der Waals surface area (Å²) < 4.78 is 0. The van der Waals surface area contributed by atoms with Gasteiger partial charge in [0.2, 0.25) is 5.91 Å². The number of rotatable bonds is 6. The van der Waals surface area contributed by atoms with E-state index in [1.165, 1.54) is 12.3 Å². The van der Waals surface area contributed by atoms with Crippen LogP contribution < -0.4 is 10.6 Å². The van der Waals surface area contributed by atoms with Gasteiger partial charge in [0.25, 0.3) is 5.91 Å². The average Bonchev–Trinajstić information content (AvgIpc) is 2.74. The molecule has 0 spiro atoms. The van der Waals surface area contributed by atoms with Gasteiger partial charge >= 0.3 is 11.9 Å². The van der Waals surface area contributed by atoms with E-state index in [1.807, 2.05) is 5.32 Å². The van der Waals surface area contributed by atoms with E-state index < -0.39 is 30.3 Å². The van der Waals surface area contributed by atoms with Gasteiger partial charge in [0.05, 0.1) is 6.42 Å². The van der Waals surface area contributed by atoms with Crippen LogP contribution >= 0.6 is 11.3 Å². The van der Waals surface area contributed by atoms with E-state index in [0.717, 1.165) is 11.3 Å². The molecule has 0 aliphatic carbocycles. The van der Waals surface area contributed by atoms with Gasteiger partial charge in [0.1, 0.15) is 11.7 Å². The summed E-state index contributed by atoms with van der Waals surface area (Å²) in [6.07, 6.45) is -0.746. The molecule has 0 aliphatic heterocycles. The third kappa shape index (κ3) is 4.65. The van der Waals surface area contributed by atoms with Gasteiger partial charge in [0, 0.05) is 12.3 Å². The molecule has 0 saturated heterocycles. The maximum Gasteiger partial charge on any atom is 0.326 e. The van der Waals surface area contributed by atoms with E-state index in [0.29, 0.717) is 0 Å². The zero-order valence-electron chi connectivity index (χ0n) is 10.2. The van der Waals surface area contributed by atoms with Crippen molar-refractivity contribution >= 4 is 40.2 Å². The van der Waals surface area contributed by atoms with Crippen LogP contribution in [0.15, 0.2) is 5.38 Å². The number of hydrogen-bond acceptors (Lipinski definition) is 6. The molecule has 1 aromatic rings. The first-order valence-electron chi connectivity index (χ1n) is 5.28. The van der Waals surface area contributed by atoms with Crippen molar-refractivity contribution in [1.29, 1.82) is 0 Å². The van der Waals surface area contributed by atoms with Gasteiger partial charge in [-0.15, -0.1) is 11.3 Å². The Morgan fingerprint density at radius 1 is 1.35 bits per heavy atom. The SMILES string of the molecule is CC(=O)Nc1nc(C(=O)N[C@@H](CC(=O)O)C(=O)O)cs1. The van der Waals surface area contributed by atoms with E-state index in [9.17, 15) is 19.2 Å². The average molecular weight is 301 g/mol. The predicted molar refractivity (Wildman–Crippen MR) is 67.6 cm³/mol. The number of aromatic nitrogens is 1. The molecule has 4 N–H and O–H groups in total. The van der Waals surface area contributed by atoms with Crippen LogP contribution in [0.25, 0.3) is 0 Å². The van der Waals surface area contributed by atoms with Gasteiger partial charge in [-0.3, -0.25) is 14.4 Å². The number of carboxylic acid groups (broad SMARTS) is 2. The lowest BCUT2D eigenvalue weighted by Gasteiger charge is -2.10. The molecule has 1 heterocycles. The topological polar surface area (TPSA) is 146 Å². The minimum atomic E-state index is -1.55. The fraction of sp³-hybridized carbons (Fsp3) is 0.300. The van der Waals surface area contributed by atoms with E-state index >= 15 is 0 Å². The number of amides is 2. The largest absolute Gasteiger partial charge is 0.481 e. The first-order chi connectivity index (χ1) is 9.29. The van der Waals surface area contributed by atoms with Crippen molar-refractivity contribution in [3.8, 4) is 0 Å². The minimum absolute atomic E-state index is 0.101. The Bertz CT molecular complexity index is 555. The standard InChI is InChI=1S/C10H11N3O6S/c1-4(14)11-10-13-6(3-20-10)8(17)12-5(9(18)19)2-7(15)16/h3,5H,2H2,1H3,(H,12,17)(H,15,16)(H,18,19)(H,11,13,14)/t5-/m0/s1. The van der Waals surface area contributed by atoms with Gasteiger partial charge in [0.15, 0.2) is 5.13 Å². The Morgan fingerprint density at radius 2 is 2.00 bits per heavy atom. The molecule has 10 heteroatoms. The number of carboxylic acids is 2. The number of nitrogens with one attached hydrogen (secondary N) is 2. The molecule has 9 nitrogen and oxygen atoms in total. The van der Waals surface area contributed by atoms with Gasteiger partial charge in [-0.1, -0.05) is 0 Å². The van der Waals surface area contributed by atoms with E-state index in [1.54, 1.807) is 0 Å². The number of nitrogens with zero attached hydrogens (tertiary/aromatic N) is 1. The number of carbonyl (C=O) groups excluding carboxylic acids is 2. The molecule has 1 atom stereocenters. The number of carbonyl (C=O) groups is 4. The Hall–Kier alpha value is -2.49. The smallest absolute Gasteiger partial charge is 0.326 e. The Kier molecular flexibility index (Phi) is 5.15. The van der Waals surface area contributed by atoms with Crippen LogP contribution in [0.1, 0.15) is 23.8 Å². The maximum absolute atomic E-state index is 11.7. The summed E-state index contributed by atoms with van der Waals surface area (Å²) in [5, 5.41) is 23.2. The number of thiazole rings is 1.